The van der Waals surface area contributed by atoms with E-state index in [1.165, 1.54) is 31.4 Å². The Balaban J connectivity index is 2.34. The van der Waals surface area contributed by atoms with Crippen LogP contribution in [0.2, 0.25) is 5.02 Å². The summed E-state index contributed by atoms with van der Waals surface area (Å²) in [5, 5.41) is 23.4. The van der Waals surface area contributed by atoms with Crippen LogP contribution in [0.15, 0.2) is 42.0 Å². The van der Waals surface area contributed by atoms with Gasteiger partial charge in [-0.1, -0.05) is 23.7 Å². The summed E-state index contributed by atoms with van der Waals surface area (Å²) in [7, 11) is 1.32. The number of nitrogens with zero attached hydrogens (tertiary/aromatic N) is 2. The van der Waals surface area contributed by atoms with E-state index in [1.807, 2.05) is 0 Å². The quantitative estimate of drug-likeness (QED) is 0.368. The van der Waals surface area contributed by atoms with Gasteiger partial charge in [-0.3, -0.25) is 14.9 Å². The zero-order valence-electron chi connectivity index (χ0n) is 13.9. The summed E-state index contributed by atoms with van der Waals surface area (Å²) in [4.78, 5) is 22.8. The van der Waals surface area contributed by atoms with Gasteiger partial charge in [0.25, 0.3) is 5.91 Å². The van der Waals surface area contributed by atoms with E-state index in [2.05, 4.69) is 5.32 Å². The van der Waals surface area contributed by atoms with Crippen molar-refractivity contribution in [2.45, 2.75) is 6.92 Å². The van der Waals surface area contributed by atoms with Gasteiger partial charge in [0.1, 0.15) is 11.6 Å². The van der Waals surface area contributed by atoms with Crippen molar-refractivity contribution in [3.63, 3.8) is 0 Å². The zero-order valence-corrected chi connectivity index (χ0v) is 14.7. The number of hydrogen-bond donors (Lipinski definition) is 1. The van der Waals surface area contributed by atoms with Crippen LogP contribution in [-0.2, 0) is 4.79 Å². The van der Waals surface area contributed by atoms with Crippen LogP contribution in [-0.4, -0.2) is 17.9 Å². The van der Waals surface area contributed by atoms with E-state index in [9.17, 15) is 20.2 Å². The number of benzene rings is 2. The van der Waals surface area contributed by atoms with Crippen LogP contribution >= 0.6 is 11.6 Å². The van der Waals surface area contributed by atoms with Crippen LogP contribution in [0.1, 0.15) is 11.1 Å². The van der Waals surface area contributed by atoms with Gasteiger partial charge in [0, 0.05) is 16.8 Å². The SMILES string of the molecule is COc1ccc(/C=C(\C#N)C(=O)Nc2cc(Cl)ccc2C)cc1[N+](=O)[O-]. The summed E-state index contributed by atoms with van der Waals surface area (Å²) in [6.45, 7) is 1.79. The van der Waals surface area contributed by atoms with Crippen LogP contribution in [0, 0.1) is 28.4 Å². The number of ether oxygens (including phenoxy) is 1. The topological polar surface area (TPSA) is 105 Å². The number of rotatable bonds is 5. The fourth-order valence-electron chi connectivity index (χ4n) is 2.17. The van der Waals surface area contributed by atoms with Gasteiger partial charge in [-0.25, -0.2) is 0 Å². The normalized spacial score (nSPS) is 10.8. The van der Waals surface area contributed by atoms with Gasteiger partial charge >= 0.3 is 5.69 Å². The van der Waals surface area contributed by atoms with Crippen molar-refractivity contribution in [2.75, 3.05) is 12.4 Å². The van der Waals surface area contributed by atoms with Crippen molar-refractivity contribution in [3.8, 4) is 11.8 Å². The first-order valence-electron chi connectivity index (χ1n) is 7.37. The third kappa shape index (κ3) is 4.37. The Morgan fingerprint density at radius 1 is 1.35 bits per heavy atom. The maximum atomic E-state index is 12.3. The number of amides is 1. The maximum Gasteiger partial charge on any atom is 0.311 e. The molecular weight excluding hydrogens is 358 g/mol. The van der Waals surface area contributed by atoms with Crippen molar-refractivity contribution in [3.05, 3.63) is 68.2 Å². The molecule has 0 atom stereocenters. The van der Waals surface area contributed by atoms with Gasteiger partial charge in [0.05, 0.1) is 12.0 Å². The van der Waals surface area contributed by atoms with Crippen LogP contribution < -0.4 is 10.1 Å². The lowest BCUT2D eigenvalue weighted by Crippen LogP contribution is -2.14. The number of nitriles is 1. The van der Waals surface area contributed by atoms with E-state index in [0.717, 1.165) is 5.56 Å². The molecular formula is C18H14ClN3O4. The van der Waals surface area contributed by atoms with E-state index in [4.69, 9.17) is 16.3 Å². The predicted molar refractivity (Wildman–Crippen MR) is 98.1 cm³/mol. The number of anilines is 1. The van der Waals surface area contributed by atoms with Crippen molar-refractivity contribution in [1.29, 1.82) is 5.26 Å². The number of nitro benzene ring substituents is 1. The molecule has 26 heavy (non-hydrogen) atoms. The van der Waals surface area contributed by atoms with Gasteiger partial charge < -0.3 is 10.1 Å². The second kappa shape index (κ2) is 8.14. The highest BCUT2D eigenvalue weighted by atomic mass is 35.5. The zero-order chi connectivity index (χ0) is 19.3. The van der Waals surface area contributed by atoms with E-state index < -0.39 is 10.8 Å². The highest BCUT2D eigenvalue weighted by Crippen LogP contribution is 2.28. The Bertz CT molecular complexity index is 948. The molecule has 0 saturated heterocycles. The fourth-order valence-corrected chi connectivity index (χ4v) is 2.35. The second-order valence-corrected chi connectivity index (χ2v) is 5.71. The van der Waals surface area contributed by atoms with Gasteiger partial charge in [-0.05, 0) is 42.3 Å². The van der Waals surface area contributed by atoms with Crippen molar-refractivity contribution in [1.82, 2.24) is 0 Å². The molecule has 7 nitrogen and oxygen atoms in total. The average Bonchev–Trinajstić information content (AvgIpc) is 2.62. The fraction of sp³-hybridized carbons (Fsp3) is 0.111. The van der Waals surface area contributed by atoms with Crippen molar-refractivity contribution < 1.29 is 14.5 Å². The lowest BCUT2D eigenvalue weighted by molar-refractivity contribution is -0.385. The molecule has 0 fully saturated rings. The van der Waals surface area contributed by atoms with Gasteiger partial charge in [0.2, 0.25) is 0 Å². The van der Waals surface area contributed by atoms with Crippen LogP contribution in [0.5, 0.6) is 5.75 Å². The Labute approximate surface area is 154 Å². The monoisotopic (exact) mass is 371 g/mol. The Morgan fingerprint density at radius 2 is 2.08 bits per heavy atom. The van der Waals surface area contributed by atoms with Gasteiger partial charge in [0.15, 0.2) is 5.75 Å². The highest BCUT2D eigenvalue weighted by Gasteiger charge is 2.16. The van der Waals surface area contributed by atoms with Crippen LogP contribution in [0.4, 0.5) is 11.4 Å². The molecule has 132 valence electrons. The number of carbonyl (C=O) groups is 1. The first kappa shape index (κ1) is 19.0. The van der Waals surface area contributed by atoms with Crippen molar-refractivity contribution in [2.24, 2.45) is 0 Å². The minimum absolute atomic E-state index is 0.0876. The molecule has 0 aliphatic heterocycles. The molecule has 1 amide bonds. The molecule has 0 aromatic heterocycles. The molecule has 0 aliphatic carbocycles. The van der Waals surface area contributed by atoms with E-state index in [1.54, 1.807) is 31.2 Å². The van der Waals surface area contributed by atoms with Gasteiger partial charge in [-0.2, -0.15) is 5.26 Å². The highest BCUT2D eigenvalue weighted by molar-refractivity contribution is 6.31. The van der Waals surface area contributed by atoms with Crippen LogP contribution in [0.25, 0.3) is 6.08 Å². The summed E-state index contributed by atoms with van der Waals surface area (Å²) in [6, 6.07) is 10.9. The molecule has 0 spiro atoms. The number of carbonyl (C=O) groups excluding carboxylic acids is 1. The molecule has 2 aromatic carbocycles. The molecule has 0 aliphatic rings. The van der Waals surface area contributed by atoms with Gasteiger partial charge in [-0.15, -0.1) is 0 Å². The Kier molecular flexibility index (Phi) is 5.94. The summed E-state index contributed by atoms with van der Waals surface area (Å²) in [5.74, 6) is -0.555. The van der Waals surface area contributed by atoms with E-state index >= 15 is 0 Å². The Hall–Kier alpha value is -3.37. The summed E-state index contributed by atoms with van der Waals surface area (Å²) in [5.41, 5.74) is 1.12. The molecule has 0 radical (unpaired) electrons. The number of halogens is 1. The largest absolute Gasteiger partial charge is 0.490 e. The molecule has 2 aromatic rings. The summed E-state index contributed by atoms with van der Waals surface area (Å²) < 4.78 is 4.92. The second-order valence-electron chi connectivity index (χ2n) is 5.27. The van der Waals surface area contributed by atoms with E-state index in [0.29, 0.717) is 16.3 Å². The third-order valence-electron chi connectivity index (χ3n) is 3.52. The molecule has 0 unspecified atom stereocenters. The van der Waals surface area contributed by atoms with Crippen molar-refractivity contribution >= 4 is 35.0 Å². The lowest BCUT2D eigenvalue weighted by Gasteiger charge is -2.08. The number of nitrogens with one attached hydrogen (secondary N) is 1. The first-order chi connectivity index (χ1) is 12.3. The molecule has 0 saturated carbocycles. The standard InChI is InChI=1S/C18H14ClN3O4/c1-11-3-5-14(19)9-15(11)21-18(23)13(10-20)7-12-4-6-17(26-2)16(8-12)22(24)25/h3-9H,1-2H3,(H,21,23)/b13-7+. The predicted octanol–water partition coefficient (Wildman–Crippen LogP) is 4.11. The number of methoxy groups -OCH3 is 1. The summed E-state index contributed by atoms with van der Waals surface area (Å²) in [6.07, 6.45) is 1.27. The minimum atomic E-state index is -0.642. The lowest BCUT2D eigenvalue weighted by atomic mass is 10.1. The summed E-state index contributed by atoms with van der Waals surface area (Å²) >= 11 is 5.91. The molecule has 0 heterocycles. The molecule has 0 bridgehead atoms. The smallest absolute Gasteiger partial charge is 0.311 e. The number of nitro groups is 1. The molecule has 1 N–H and O–H groups in total. The molecule has 2 rings (SSSR count). The number of hydrogen-bond acceptors (Lipinski definition) is 5. The molecule has 8 heteroatoms. The van der Waals surface area contributed by atoms with E-state index in [-0.39, 0.29) is 17.0 Å². The first-order valence-corrected chi connectivity index (χ1v) is 7.75. The average molecular weight is 372 g/mol. The third-order valence-corrected chi connectivity index (χ3v) is 3.76. The minimum Gasteiger partial charge on any atom is -0.490 e. The Morgan fingerprint density at radius 3 is 2.69 bits per heavy atom. The van der Waals surface area contributed by atoms with Crippen LogP contribution in [0.3, 0.4) is 0 Å². The number of aryl methyl sites for hydroxylation is 1. The maximum absolute atomic E-state index is 12.3.